The summed E-state index contributed by atoms with van der Waals surface area (Å²) in [6.07, 6.45) is 1.07. The van der Waals surface area contributed by atoms with E-state index in [1.165, 1.54) is 0 Å². The quantitative estimate of drug-likeness (QED) is 0.162. The Hall–Kier alpha value is 0.894. The van der Waals surface area contributed by atoms with Crippen molar-refractivity contribution in [2.24, 2.45) is 0 Å². The van der Waals surface area contributed by atoms with E-state index in [-0.39, 0.29) is 10.9 Å². The van der Waals surface area contributed by atoms with E-state index in [9.17, 15) is 0 Å². The van der Waals surface area contributed by atoms with Crippen molar-refractivity contribution in [3.05, 3.63) is 0 Å². The van der Waals surface area contributed by atoms with Crippen molar-refractivity contribution >= 4 is 42.1 Å². The number of hydrogen-bond donors (Lipinski definition) is 0. The van der Waals surface area contributed by atoms with Crippen molar-refractivity contribution in [3.8, 4) is 0 Å². The van der Waals surface area contributed by atoms with Gasteiger partial charge in [0.1, 0.15) is 42.2 Å². The monoisotopic (exact) mass is 468 g/mol. The molecule has 2 unspecified atom stereocenters. The summed E-state index contributed by atoms with van der Waals surface area (Å²) in [7, 11) is 10.5. The minimum atomic E-state index is -0.868. The Labute approximate surface area is 186 Å². The first kappa shape index (κ1) is 28.9. The second-order valence-electron chi connectivity index (χ2n) is 5.61. The molecule has 0 saturated carbocycles. The molecule has 0 aromatic rings. The molecule has 0 aliphatic rings. The molecule has 0 heterocycles. The summed E-state index contributed by atoms with van der Waals surface area (Å²) in [5.74, 6) is 0. The van der Waals surface area contributed by atoms with Gasteiger partial charge in [-0.15, -0.1) is 0 Å². The highest BCUT2D eigenvalue weighted by atomic mass is 33.1. The molecule has 0 aliphatic carbocycles. The third-order valence-electron chi connectivity index (χ3n) is 3.36. The maximum Gasteiger partial charge on any atom is 0.147 e. The van der Waals surface area contributed by atoms with Crippen LogP contribution in [0.1, 0.15) is 54.4 Å². The predicted molar refractivity (Wildman–Crippen MR) is 119 cm³/mol. The molecular formula is C18H36O6S2Si2. The van der Waals surface area contributed by atoms with Gasteiger partial charge in [-0.3, -0.25) is 0 Å². The Kier molecular flexibility index (Phi) is 17.1. The van der Waals surface area contributed by atoms with E-state index in [1.54, 1.807) is 21.6 Å². The number of rotatable bonds is 19. The maximum absolute atomic E-state index is 5.90. The fourth-order valence-corrected chi connectivity index (χ4v) is 6.36. The molecule has 6 nitrogen and oxygen atoms in total. The van der Waals surface area contributed by atoms with Gasteiger partial charge in [0.05, 0.1) is 0 Å². The minimum Gasteiger partial charge on any atom is -0.367 e. The Morgan fingerprint density at radius 3 is 1.07 bits per heavy atom. The molecule has 10 heteroatoms. The third-order valence-corrected chi connectivity index (χ3v) is 7.11. The van der Waals surface area contributed by atoms with E-state index in [0.29, 0.717) is 52.5 Å². The van der Waals surface area contributed by atoms with Crippen LogP contribution in [0.4, 0.5) is 0 Å². The van der Waals surface area contributed by atoms with Crippen LogP contribution >= 0.6 is 21.6 Å². The summed E-state index contributed by atoms with van der Waals surface area (Å²) < 4.78 is 34.8. The van der Waals surface area contributed by atoms with Gasteiger partial charge in [0.15, 0.2) is 0 Å². The van der Waals surface area contributed by atoms with Gasteiger partial charge < -0.3 is 28.4 Å². The summed E-state index contributed by atoms with van der Waals surface area (Å²) in [4.78, 5) is 0. The second kappa shape index (κ2) is 16.6. The highest BCUT2D eigenvalue weighted by Gasteiger charge is 2.33. The molecule has 0 aromatic carbocycles. The molecular weight excluding hydrogens is 432 g/mol. The van der Waals surface area contributed by atoms with Gasteiger partial charge in [-0.2, -0.15) is 0 Å². The highest BCUT2D eigenvalue weighted by molar-refractivity contribution is 8.77. The van der Waals surface area contributed by atoms with Crippen LogP contribution in [0.5, 0.6) is 0 Å². The zero-order chi connectivity index (χ0) is 21.5. The summed E-state index contributed by atoms with van der Waals surface area (Å²) in [5.41, 5.74) is -2.02. The number of ether oxygens (including phenoxy) is 6. The SMILES string of the molecule is CCOC(CC([Si])(OCC)OCC)SSC(CC([Si])(OCC)OCC)OCC. The van der Waals surface area contributed by atoms with Crippen LogP contribution < -0.4 is 0 Å². The second-order valence-corrected chi connectivity index (χ2v) is 9.72. The lowest BCUT2D eigenvalue weighted by Crippen LogP contribution is -2.41. The molecule has 2 atom stereocenters. The molecule has 28 heavy (non-hydrogen) atoms. The molecule has 0 N–H and O–H groups in total. The first-order valence-electron chi connectivity index (χ1n) is 9.92. The van der Waals surface area contributed by atoms with Crippen LogP contribution in [0, 0.1) is 0 Å². The van der Waals surface area contributed by atoms with Gasteiger partial charge in [0, 0.05) is 52.5 Å². The Morgan fingerprint density at radius 1 is 0.571 bits per heavy atom. The lowest BCUT2D eigenvalue weighted by Gasteiger charge is -2.34. The van der Waals surface area contributed by atoms with Gasteiger partial charge in [-0.1, -0.05) is 21.6 Å². The summed E-state index contributed by atoms with van der Waals surface area (Å²) in [6.45, 7) is 15.0. The zero-order valence-electron chi connectivity index (χ0n) is 18.1. The predicted octanol–water partition coefficient (Wildman–Crippen LogP) is 3.66. The topological polar surface area (TPSA) is 55.4 Å². The molecule has 6 radical (unpaired) electrons. The number of hydrogen-bond acceptors (Lipinski definition) is 8. The van der Waals surface area contributed by atoms with Gasteiger partial charge in [0.25, 0.3) is 0 Å². The van der Waals surface area contributed by atoms with E-state index < -0.39 is 10.8 Å². The van der Waals surface area contributed by atoms with Crippen LogP contribution in [0.15, 0.2) is 0 Å². The van der Waals surface area contributed by atoms with E-state index in [2.05, 4.69) is 20.5 Å². The van der Waals surface area contributed by atoms with E-state index in [1.807, 2.05) is 41.5 Å². The fraction of sp³-hybridized carbons (Fsp3) is 1.00. The molecule has 0 saturated heterocycles. The fourth-order valence-electron chi connectivity index (χ4n) is 2.43. The third kappa shape index (κ3) is 12.6. The van der Waals surface area contributed by atoms with Crippen LogP contribution in [0.25, 0.3) is 0 Å². The molecule has 0 bridgehead atoms. The molecule has 0 amide bonds. The van der Waals surface area contributed by atoms with E-state index in [0.717, 1.165) is 0 Å². The molecule has 164 valence electrons. The van der Waals surface area contributed by atoms with Gasteiger partial charge in [-0.05, 0) is 41.5 Å². The van der Waals surface area contributed by atoms with Crippen LogP contribution in [-0.4, -0.2) is 81.8 Å². The standard InChI is InChI=1S/C18H36O6S2Si2/c1-7-19-15(13-17(27,21-9-3)22-10-4)25-26-16(20-8-2)14-18(28,23-11-5)24-12-6/h15-16H,7-14H2,1-6H3. The first-order chi connectivity index (χ1) is 13.3. The van der Waals surface area contributed by atoms with Gasteiger partial charge in [0.2, 0.25) is 0 Å². The van der Waals surface area contributed by atoms with Crippen molar-refractivity contribution in [3.63, 3.8) is 0 Å². The Balaban J connectivity index is 4.99. The van der Waals surface area contributed by atoms with Crippen molar-refractivity contribution in [1.82, 2.24) is 0 Å². The van der Waals surface area contributed by atoms with Crippen molar-refractivity contribution in [2.45, 2.75) is 76.1 Å². The van der Waals surface area contributed by atoms with Crippen molar-refractivity contribution in [1.29, 1.82) is 0 Å². The van der Waals surface area contributed by atoms with Crippen molar-refractivity contribution < 1.29 is 28.4 Å². The molecule has 0 aliphatic heterocycles. The lowest BCUT2D eigenvalue weighted by atomic mass is 10.4. The molecule has 0 fully saturated rings. The van der Waals surface area contributed by atoms with Gasteiger partial charge >= 0.3 is 0 Å². The van der Waals surface area contributed by atoms with Crippen LogP contribution in [-0.2, 0) is 28.4 Å². The smallest absolute Gasteiger partial charge is 0.147 e. The largest absolute Gasteiger partial charge is 0.367 e. The average Bonchev–Trinajstić information content (AvgIpc) is 2.60. The summed E-state index contributed by atoms with van der Waals surface area (Å²) >= 11 is 0. The minimum absolute atomic E-state index is 0.142. The Morgan fingerprint density at radius 2 is 0.857 bits per heavy atom. The summed E-state index contributed by atoms with van der Waals surface area (Å²) in [5, 5.41) is 0. The zero-order valence-corrected chi connectivity index (χ0v) is 21.7. The lowest BCUT2D eigenvalue weighted by molar-refractivity contribution is -0.185. The Bertz CT molecular complexity index is 336. The van der Waals surface area contributed by atoms with Gasteiger partial charge in [-0.25, -0.2) is 0 Å². The van der Waals surface area contributed by atoms with Crippen LogP contribution in [0.3, 0.4) is 0 Å². The van der Waals surface area contributed by atoms with E-state index in [4.69, 9.17) is 28.4 Å². The molecule has 0 rings (SSSR count). The summed E-state index contributed by atoms with van der Waals surface area (Å²) in [6, 6.07) is 0. The highest BCUT2D eigenvalue weighted by Crippen LogP contribution is 2.39. The normalized spacial score (nSPS) is 15.0. The first-order valence-corrected chi connectivity index (χ1v) is 13.2. The van der Waals surface area contributed by atoms with Crippen molar-refractivity contribution in [2.75, 3.05) is 39.6 Å². The average molecular weight is 469 g/mol. The molecule has 0 aromatic heterocycles. The van der Waals surface area contributed by atoms with Crippen LogP contribution in [0.2, 0.25) is 0 Å². The maximum atomic E-state index is 5.90. The van der Waals surface area contributed by atoms with E-state index >= 15 is 0 Å². The molecule has 0 spiro atoms.